The molecule has 1 aliphatic heterocycles. The number of ether oxygens (including phenoxy) is 1. The molecule has 184 valence electrons. The number of hydrogen-bond acceptors (Lipinski definition) is 5. The number of fused-ring (bicyclic) bond motifs is 2. The van der Waals surface area contributed by atoms with Crippen LogP contribution in [0.1, 0.15) is 64.6 Å². The molecule has 6 heteroatoms. The highest BCUT2D eigenvalue weighted by Crippen LogP contribution is 2.67. The molecule has 1 fully saturated rings. The number of carbonyl (C=O) groups is 4. The molecule has 0 N–H and O–H groups in total. The fourth-order valence-electron chi connectivity index (χ4n) is 6.61. The summed E-state index contributed by atoms with van der Waals surface area (Å²) in [6, 6.07) is 29.5. The van der Waals surface area contributed by atoms with E-state index in [1.54, 1.807) is 84.9 Å². The molecule has 2 spiro atoms. The van der Waals surface area contributed by atoms with Crippen molar-refractivity contribution < 1.29 is 23.9 Å². The zero-order chi connectivity index (χ0) is 26.2. The van der Waals surface area contributed by atoms with E-state index < -0.39 is 46.2 Å². The summed E-state index contributed by atoms with van der Waals surface area (Å²) >= 11 is 2.18. The van der Waals surface area contributed by atoms with Gasteiger partial charge >= 0.3 is 0 Å². The standard InChI is InChI=1S/C32H19IO5/c33-20-16-14-19(15-17-20)30-31(26(34)21-10-4-5-11-22(21)27(31)35)25(18-8-2-1-3-9-18)32(38-30)28(36)23-12-6-7-13-24(23)29(32)37/h1-17,25,30H/t25-,30+/m1/s1. The average molecular weight is 610 g/mol. The van der Waals surface area contributed by atoms with Crippen LogP contribution in [0.4, 0.5) is 0 Å². The Kier molecular flexibility index (Phi) is 5.00. The highest BCUT2D eigenvalue weighted by atomic mass is 127. The van der Waals surface area contributed by atoms with Gasteiger partial charge in [-0.2, -0.15) is 0 Å². The van der Waals surface area contributed by atoms with Gasteiger partial charge in [-0.3, -0.25) is 19.2 Å². The van der Waals surface area contributed by atoms with Gasteiger partial charge in [0.1, 0.15) is 11.5 Å². The molecule has 2 aliphatic carbocycles. The summed E-state index contributed by atoms with van der Waals surface area (Å²) in [4.78, 5) is 57.7. The van der Waals surface area contributed by atoms with Crippen molar-refractivity contribution in [1.82, 2.24) is 0 Å². The van der Waals surface area contributed by atoms with Crippen LogP contribution in [-0.4, -0.2) is 28.7 Å². The van der Waals surface area contributed by atoms with Crippen LogP contribution in [0, 0.1) is 8.99 Å². The summed E-state index contributed by atoms with van der Waals surface area (Å²) < 4.78 is 7.64. The minimum absolute atomic E-state index is 0.243. The van der Waals surface area contributed by atoms with Crippen molar-refractivity contribution in [2.45, 2.75) is 17.6 Å². The number of carbonyl (C=O) groups excluding carboxylic acids is 4. The number of Topliss-reactive ketones (excluding diaryl/α,β-unsaturated/α-hetero) is 4. The quantitative estimate of drug-likeness (QED) is 0.205. The third-order valence-corrected chi connectivity index (χ3v) is 8.86. The monoisotopic (exact) mass is 610 g/mol. The molecule has 4 aromatic carbocycles. The van der Waals surface area contributed by atoms with Crippen LogP contribution in [0.5, 0.6) is 0 Å². The second-order valence-electron chi connectivity index (χ2n) is 9.91. The molecule has 0 aromatic heterocycles. The highest BCUT2D eigenvalue weighted by Gasteiger charge is 2.79. The van der Waals surface area contributed by atoms with Gasteiger partial charge in [0.05, 0.1) is 5.92 Å². The Balaban J connectivity index is 1.59. The minimum Gasteiger partial charge on any atom is -0.348 e. The molecule has 0 bridgehead atoms. The Bertz CT molecular complexity index is 1620. The van der Waals surface area contributed by atoms with Gasteiger partial charge in [-0.25, -0.2) is 0 Å². The number of benzene rings is 4. The topological polar surface area (TPSA) is 77.5 Å². The van der Waals surface area contributed by atoms with Crippen LogP contribution in [0.25, 0.3) is 0 Å². The molecule has 0 radical (unpaired) electrons. The summed E-state index contributed by atoms with van der Waals surface area (Å²) in [5.41, 5.74) is -1.76. The molecule has 5 nitrogen and oxygen atoms in total. The maximum Gasteiger partial charge on any atom is 0.204 e. The van der Waals surface area contributed by atoms with E-state index in [9.17, 15) is 19.2 Å². The van der Waals surface area contributed by atoms with Gasteiger partial charge in [-0.1, -0.05) is 91.0 Å². The van der Waals surface area contributed by atoms with Crippen LogP contribution in [0.2, 0.25) is 0 Å². The van der Waals surface area contributed by atoms with E-state index in [1.165, 1.54) is 0 Å². The average Bonchev–Trinajstić information content (AvgIpc) is 3.48. The molecule has 7 rings (SSSR count). The summed E-state index contributed by atoms with van der Waals surface area (Å²) in [6.07, 6.45) is -1.15. The molecule has 3 aliphatic rings. The number of rotatable bonds is 2. The molecule has 0 unspecified atom stereocenters. The first kappa shape index (κ1) is 23.4. The van der Waals surface area contributed by atoms with E-state index in [1.807, 2.05) is 18.2 Å². The molecular weight excluding hydrogens is 591 g/mol. The highest BCUT2D eigenvalue weighted by molar-refractivity contribution is 14.1. The fraction of sp³-hybridized carbons (Fsp3) is 0.125. The van der Waals surface area contributed by atoms with Gasteiger partial charge < -0.3 is 4.74 Å². The molecule has 0 saturated carbocycles. The van der Waals surface area contributed by atoms with Crippen molar-refractivity contribution in [1.29, 1.82) is 0 Å². The molecule has 38 heavy (non-hydrogen) atoms. The van der Waals surface area contributed by atoms with E-state index in [0.29, 0.717) is 11.1 Å². The van der Waals surface area contributed by atoms with E-state index in [-0.39, 0.29) is 22.3 Å². The smallest absolute Gasteiger partial charge is 0.204 e. The SMILES string of the molecule is O=C1c2ccccc2C(=O)C12O[C@@H](c1ccc(I)cc1)C1(C(=O)c3ccccc3C1=O)[C@H]2c1ccccc1. The zero-order valence-electron chi connectivity index (χ0n) is 19.9. The predicted octanol–water partition coefficient (Wildman–Crippen LogP) is 6.03. The maximum absolute atomic E-state index is 14.6. The Morgan fingerprint density at radius 3 is 1.47 bits per heavy atom. The Hall–Kier alpha value is -3.75. The molecule has 1 saturated heterocycles. The van der Waals surface area contributed by atoms with Crippen LogP contribution in [-0.2, 0) is 4.74 Å². The molecule has 4 aromatic rings. The van der Waals surface area contributed by atoms with Gasteiger partial charge in [-0.05, 0) is 45.9 Å². The third kappa shape index (κ3) is 2.74. The Morgan fingerprint density at radius 1 is 0.526 bits per heavy atom. The summed E-state index contributed by atoms with van der Waals surface area (Å²) in [7, 11) is 0. The lowest BCUT2D eigenvalue weighted by molar-refractivity contribution is -0.0210. The lowest BCUT2D eigenvalue weighted by Gasteiger charge is -2.34. The lowest BCUT2D eigenvalue weighted by atomic mass is 9.60. The first-order valence-corrected chi connectivity index (χ1v) is 13.4. The van der Waals surface area contributed by atoms with Crippen molar-refractivity contribution in [2.75, 3.05) is 0 Å². The van der Waals surface area contributed by atoms with E-state index >= 15 is 0 Å². The van der Waals surface area contributed by atoms with Crippen LogP contribution < -0.4 is 0 Å². The zero-order valence-corrected chi connectivity index (χ0v) is 22.0. The minimum atomic E-state index is -2.06. The number of ketones is 4. The number of hydrogen-bond donors (Lipinski definition) is 0. The molecule has 2 atom stereocenters. The summed E-state index contributed by atoms with van der Waals surface area (Å²) in [5, 5.41) is 0. The molecule has 1 heterocycles. The van der Waals surface area contributed by atoms with Gasteiger partial charge in [0.2, 0.25) is 17.2 Å². The second kappa shape index (κ2) is 8.12. The van der Waals surface area contributed by atoms with E-state index in [2.05, 4.69) is 22.6 Å². The predicted molar refractivity (Wildman–Crippen MR) is 148 cm³/mol. The number of halogens is 1. The molecule has 0 amide bonds. The Labute approximate surface area is 232 Å². The third-order valence-electron chi connectivity index (χ3n) is 8.14. The van der Waals surface area contributed by atoms with Crippen LogP contribution in [0.15, 0.2) is 103 Å². The van der Waals surface area contributed by atoms with Gasteiger partial charge in [0, 0.05) is 25.8 Å². The van der Waals surface area contributed by atoms with Crippen LogP contribution in [0.3, 0.4) is 0 Å². The lowest BCUT2D eigenvalue weighted by Crippen LogP contribution is -2.51. The summed E-state index contributed by atoms with van der Waals surface area (Å²) in [5.74, 6) is -3.06. The maximum atomic E-state index is 14.6. The largest absolute Gasteiger partial charge is 0.348 e. The summed E-state index contributed by atoms with van der Waals surface area (Å²) in [6.45, 7) is 0. The van der Waals surface area contributed by atoms with Crippen molar-refractivity contribution in [2.24, 2.45) is 5.41 Å². The first-order chi connectivity index (χ1) is 18.4. The van der Waals surface area contributed by atoms with Gasteiger partial charge in [-0.15, -0.1) is 0 Å². The van der Waals surface area contributed by atoms with Crippen molar-refractivity contribution in [3.63, 3.8) is 0 Å². The van der Waals surface area contributed by atoms with E-state index in [4.69, 9.17) is 4.74 Å². The van der Waals surface area contributed by atoms with Crippen LogP contribution >= 0.6 is 22.6 Å². The second-order valence-corrected chi connectivity index (χ2v) is 11.2. The van der Waals surface area contributed by atoms with Crippen molar-refractivity contribution in [3.05, 3.63) is 140 Å². The first-order valence-electron chi connectivity index (χ1n) is 12.3. The van der Waals surface area contributed by atoms with Gasteiger partial charge in [0.25, 0.3) is 0 Å². The van der Waals surface area contributed by atoms with Crippen molar-refractivity contribution >= 4 is 45.7 Å². The van der Waals surface area contributed by atoms with Gasteiger partial charge in [0.15, 0.2) is 11.6 Å². The van der Waals surface area contributed by atoms with E-state index in [0.717, 1.165) is 3.57 Å². The normalized spacial score (nSPS) is 22.3. The van der Waals surface area contributed by atoms with Crippen molar-refractivity contribution in [3.8, 4) is 0 Å². The fourth-order valence-corrected chi connectivity index (χ4v) is 6.97. The Morgan fingerprint density at radius 2 is 0.974 bits per heavy atom. The molecular formula is C32H19IO5.